The van der Waals surface area contributed by atoms with Gasteiger partial charge in [0.05, 0.1) is 17.7 Å². The average Bonchev–Trinajstić information content (AvgIpc) is 3.75. The molecule has 5 rings (SSSR count). The van der Waals surface area contributed by atoms with Gasteiger partial charge in [-0.3, -0.25) is 14.9 Å². The van der Waals surface area contributed by atoms with Gasteiger partial charge in [-0.25, -0.2) is 13.2 Å². The minimum Gasteiger partial charge on any atom is -0.481 e. The van der Waals surface area contributed by atoms with Gasteiger partial charge in [0.2, 0.25) is 9.84 Å². The quantitative estimate of drug-likeness (QED) is 0.229. The molecule has 1 atom stereocenters. The number of carboxylic acids is 1. The predicted octanol–water partition coefficient (Wildman–Crippen LogP) is 5.83. The number of anilines is 2. The van der Waals surface area contributed by atoms with E-state index in [1.807, 2.05) is 55.5 Å². The lowest BCUT2D eigenvalue weighted by Crippen LogP contribution is -2.39. The van der Waals surface area contributed by atoms with Crippen molar-refractivity contribution in [3.63, 3.8) is 0 Å². The number of carbonyl (C=O) groups is 3. The third-order valence-electron chi connectivity index (χ3n) is 8.88. The summed E-state index contributed by atoms with van der Waals surface area (Å²) in [6.07, 6.45) is 1.98. The van der Waals surface area contributed by atoms with Crippen molar-refractivity contribution in [2.75, 3.05) is 29.1 Å². The molecule has 1 saturated carbocycles. The second-order valence-electron chi connectivity index (χ2n) is 12.0. The van der Waals surface area contributed by atoms with Crippen LogP contribution in [0, 0.1) is 6.92 Å². The molecule has 2 amide bonds. The van der Waals surface area contributed by atoms with E-state index in [4.69, 9.17) is 14.4 Å². The van der Waals surface area contributed by atoms with Crippen molar-refractivity contribution < 1.29 is 37.2 Å². The van der Waals surface area contributed by atoms with Gasteiger partial charge < -0.3 is 24.6 Å². The van der Waals surface area contributed by atoms with Crippen LogP contribution < -0.4 is 15.5 Å². The number of aliphatic carboxylic acids is 1. The Kier molecular flexibility index (Phi) is 9.71. The number of aryl methyl sites for hydroxylation is 2. The summed E-state index contributed by atoms with van der Waals surface area (Å²) in [5, 5.41) is 17.3. The lowest BCUT2D eigenvalue weighted by atomic mass is 9.92. The average molecular weight is 653 g/mol. The molecule has 1 aliphatic heterocycles. The van der Waals surface area contributed by atoms with Crippen LogP contribution in [0.3, 0.4) is 0 Å². The van der Waals surface area contributed by atoms with Gasteiger partial charge in [0.25, 0.3) is 0 Å². The van der Waals surface area contributed by atoms with Gasteiger partial charge in [-0.05, 0) is 74.8 Å². The van der Waals surface area contributed by atoms with Crippen LogP contribution in [0.1, 0.15) is 86.1 Å². The fourth-order valence-corrected chi connectivity index (χ4v) is 7.00. The SMILES string of the molecule is CCc1ccccc1[C@@H](C)OC(=O)Nc1c(C)noc1C1CCN(c2ccc(C3(NC(=O)S(=O)(=O)CCC(=O)O)CC3)cc2)CC1. The number of rotatable bonds is 11. The van der Waals surface area contributed by atoms with Crippen molar-refractivity contribution >= 4 is 38.5 Å². The number of benzene rings is 2. The molecule has 2 aromatic carbocycles. The monoisotopic (exact) mass is 652 g/mol. The Hall–Kier alpha value is -4.39. The van der Waals surface area contributed by atoms with E-state index in [0.717, 1.165) is 54.7 Å². The fraction of sp³-hybridized carbons (Fsp3) is 0.455. The number of aromatic nitrogens is 1. The molecule has 2 fully saturated rings. The maximum Gasteiger partial charge on any atom is 0.412 e. The standard InChI is InChI=1S/C33H40N4O8S/c1-4-23-7-5-6-8-27(23)22(3)44-31(40)34-29-21(2)36-45-30(29)24-13-18-37(19-14-24)26-11-9-25(10-12-26)33(16-17-33)35-32(41)46(42,43)20-15-28(38)39/h5-12,22,24H,4,13-20H2,1-3H3,(H,34,40)(H,35,41)(H,38,39)/t22-/m1/s1. The first-order valence-electron chi connectivity index (χ1n) is 15.6. The number of ether oxygens (including phenoxy) is 1. The summed E-state index contributed by atoms with van der Waals surface area (Å²) in [6, 6.07) is 15.6. The maximum absolute atomic E-state index is 12.9. The number of amides is 2. The first kappa shape index (κ1) is 33.0. The normalized spacial score (nSPS) is 16.8. The highest BCUT2D eigenvalue weighted by molar-refractivity contribution is 8.06. The van der Waals surface area contributed by atoms with E-state index in [9.17, 15) is 22.8 Å². The summed E-state index contributed by atoms with van der Waals surface area (Å²) in [4.78, 5) is 38.3. The molecule has 3 aromatic rings. The Morgan fingerprint density at radius 3 is 2.41 bits per heavy atom. The molecule has 0 bridgehead atoms. The molecule has 0 radical (unpaired) electrons. The lowest BCUT2D eigenvalue weighted by molar-refractivity contribution is -0.136. The zero-order valence-corrected chi connectivity index (χ0v) is 27.1. The summed E-state index contributed by atoms with van der Waals surface area (Å²) in [6.45, 7) is 7.18. The van der Waals surface area contributed by atoms with E-state index in [-0.39, 0.29) is 5.92 Å². The number of hydrogen-bond donors (Lipinski definition) is 3. The molecule has 1 aliphatic carbocycles. The van der Waals surface area contributed by atoms with Crippen molar-refractivity contribution in [3.05, 3.63) is 76.7 Å². The van der Waals surface area contributed by atoms with E-state index in [0.29, 0.717) is 30.0 Å². The molecule has 1 saturated heterocycles. The summed E-state index contributed by atoms with van der Waals surface area (Å²) in [5.41, 5.74) is 4.28. The Labute approximate surface area is 268 Å². The molecule has 2 aliphatic rings. The number of sulfone groups is 1. The molecule has 0 spiro atoms. The van der Waals surface area contributed by atoms with E-state index in [1.54, 1.807) is 6.92 Å². The second kappa shape index (κ2) is 13.5. The number of nitrogens with zero attached hydrogens (tertiary/aromatic N) is 2. The van der Waals surface area contributed by atoms with Gasteiger partial charge in [0.1, 0.15) is 17.5 Å². The number of piperidine rings is 1. The molecular formula is C33H40N4O8S. The maximum atomic E-state index is 12.9. The van der Waals surface area contributed by atoms with Crippen LogP contribution in [0.15, 0.2) is 53.1 Å². The Morgan fingerprint density at radius 2 is 1.78 bits per heavy atom. The Bertz CT molecular complexity index is 1690. The van der Waals surface area contributed by atoms with Gasteiger partial charge in [-0.2, -0.15) is 0 Å². The molecule has 246 valence electrons. The second-order valence-corrected chi connectivity index (χ2v) is 14.0. The van der Waals surface area contributed by atoms with Crippen molar-refractivity contribution in [1.29, 1.82) is 0 Å². The van der Waals surface area contributed by atoms with Crippen LogP contribution >= 0.6 is 0 Å². The fourth-order valence-electron chi connectivity index (χ4n) is 6.02. The molecule has 13 heteroatoms. The minimum atomic E-state index is -4.22. The van der Waals surface area contributed by atoms with Crippen LogP contribution in [-0.4, -0.2) is 54.8 Å². The Morgan fingerprint density at radius 1 is 1.11 bits per heavy atom. The number of carboxylic acid groups (broad SMARTS) is 1. The summed E-state index contributed by atoms with van der Waals surface area (Å²) >= 11 is 0. The van der Waals surface area contributed by atoms with Crippen molar-refractivity contribution in [2.45, 2.75) is 76.9 Å². The van der Waals surface area contributed by atoms with E-state index < -0.39 is 51.0 Å². The first-order valence-corrected chi connectivity index (χ1v) is 17.2. The Balaban J connectivity index is 1.17. The number of hydrogen-bond acceptors (Lipinski definition) is 9. The topological polar surface area (TPSA) is 168 Å². The van der Waals surface area contributed by atoms with E-state index >= 15 is 0 Å². The van der Waals surface area contributed by atoms with E-state index in [2.05, 4.69) is 27.6 Å². The zero-order chi connectivity index (χ0) is 33.1. The van der Waals surface area contributed by atoms with Gasteiger partial charge in [-0.15, -0.1) is 0 Å². The largest absolute Gasteiger partial charge is 0.481 e. The third-order valence-corrected chi connectivity index (χ3v) is 10.3. The summed E-state index contributed by atoms with van der Waals surface area (Å²) in [5.74, 6) is -1.32. The molecule has 12 nitrogen and oxygen atoms in total. The highest BCUT2D eigenvalue weighted by Gasteiger charge is 2.47. The van der Waals surface area contributed by atoms with Crippen LogP contribution in [0.25, 0.3) is 0 Å². The van der Waals surface area contributed by atoms with Gasteiger partial charge in [-0.1, -0.05) is 48.5 Å². The molecule has 46 heavy (non-hydrogen) atoms. The van der Waals surface area contributed by atoms with Crippen LogP contribution in [0.5, 0.6) is 0 Å². The van der Waals surface area contributed by atoms with Crippen molar-refractivity contribution in [2.24, 2.45) is 0 Å². The smallest absolute Gasteiger partial charge is 0.412 e. The number of nitrogens with one attached hydrogen (secondary N) is 2. The molecular weight excluding hydrogens is 612 g/mol. The highest BCUT2D eigenvalue weighted by Crippen LogP contribution is 2.46. The van der Waals surface area contributed by atoms with Crippen LogP contribution in [-0.2, 0) is 31.3 Å². The molecule has 0 unspecified atom stereocenters. The van der Waals surface area contributed by atoms with Crippen molar-refractivity contribution in [3.8, 4) is 0 Å². The minimum absolute atomic E-state index is 0.0540. The first-order chi connectivity index (χ1) is 21.9. The molecule has 2 heterocycles. The predicted molar refractivity (Wildman–Crippen MR) is 172 cm³/mol. The summed E-state index contributed by atoms with van der Waals surface area (Å²) in [7, 11) is -4.22. The third kappa shape index (κ3) is 7.35. The van der Waals surface area contributed by atoms with Crippen LogP contribution in [0.4, 0.5) is 21.0 Å². The zero-order valence-electron chi connectivity index (χ0n) is 26.2. The van der Waals surface area contributed by atoms with Gasteiger partial charge in [0.15, 0.2) is 5.76 Å². The highest BCUT2D eigenvalue weighted by atomic mass is 32.2. The van der Waals surface area contributed by atoms with Gasteiger partial charge in [0, 0.05) is 24.7 Å². The van der Waals surface area contributed by atoms with Crippen molar-refractivity contribution in [1.82, 2.24) is 10.5 Å². The molecule has 3 N–H and O–H groups in total. The lowest BCUT2D eigenvalue weighted by Gasteiger charge is -2.33. The van der Waals surface area contributed by atoms with Crippen LogP contribution in [0.2, 0.25) is 0 Å². The molecule has 1 aromatic heterocycles. The summed E-state index contributed by atoms with van der Waals surface area (Å²) < 4.78 is 35.9. The van der Waals surface area contributed by atoms with E-state index in [1.165, 1.54) is 0 Å². The van der Waals surface area contributed by atoms with Gasteiger partial charge >= 0.3 is 17.3 Å². The number of carbonyl (C=O) groups excluding carboxylic acids is 2.